The number of H-pyrrole nitrogens is 1. The van der Waals surface area contributed by atoms with E-state index in [1.807, 2.05) is 6.07 Å². The third-order valence-corrected chi connectivity index (χ3v) is 6.84. The number of halogens is 1. The summed E-state index contributed by atoms with van der Waals surface area (Å²) in [4.78, 5) is 11.1. The molecule has 0 amide bonds. The van der Waals surface area contributed by atoms with Gasteiger partial charge in [0.2, 0.25) is 0 Å². The molecule has 30 heavy (non-hydrogen) atoms. The maximum atomic E-state index is 13.8. The minimum absolute atomic E-state index is 0.0751. The number of aromatic amines is 1. The van der Waals surface area contributed by atoms with Crippen LogP contribution in [0.3, 0.4) is 0 Å². The second-order valence-electron chi connectivity index (χ2n) is 8.79. The first-order valence-corrected chi connectivity index (χ1v) is 10.8. The fraction of sp³-hybridized carbons (Fsp3) is 0.346. The molecule has 153 valence electrons. The van der Waals surface area contributed by atoms with E-state index >= 15 is 0 Å². The van der Waals surface area contributed by atoms with Crippen LogP contribution in [0.2, 0.25) is 0 Å². The Bertz CT molecular complexity index is 1170. The highest BCUT2D eigenvalue weighted by Gasteiger charge is 2.42. The van der Waals surface area contributed by atoms with Crippen LogP contribution in [0.15, 0.2) is 54.2 Å². The van der Waals surface area contributed by atoms with E-state index in [0.29, 0.717) is 0 Å². The number of allylic oxidation sites excluding steroid dienone is 3. The van der Waals surface area contributed by atoms with Crippen molar-refractivity contribution in [2.75, 3.05) is 6.54 Å². The van der Waals surface area contributed by atoms with Gasteiger partial charge in [-0.1, -0.05) is 24.3 Å². The zero-order valence-corrected chi connectivity index (χ0v) is 17.8. The maximum absolute atomic E-state index is 13.8. The van der Waals surface area contributed by atoms with Gasteiger partial charge in [0.15, 0.2) is 0 Å². The Kier molecular flexibility index (Phi) is 4.53. The molecule has 3 nitrogen and oxygen atoms in total. The Hall–Kier alpha value is -2.88. The van der Waals surface area contributed by atoms with Crippen LogP contribution in [-0.2, 0) is 5.54 Å². The molecule has 1 aliphatic carbocycles. The largest absolute Gasteiger partial charge is 0.359 e. The van der Waals surface area contributed by atoms with Crippen molar-refractivity contribution >= 4 is 11.0 Å². The number of nitrogens with one attached hydrogen (secondary N) is 1. The summed E-state index contributed by atoms with van der Waals surface area (Å²) >= 11 is 0. The number of hydrogen-bond donors (Lipinski definition) is 1. The highest BCUT2D eigenvalue weighted by Crippen LogP contribution is 2.42. The van der Waals surface area contributed by atoms with E-state index in [1.54, 1.807) is 12.1 Å². The van der Waals surface area contributed by atoms with Crippen LogP contribution in [-0.4, -0.2) is 21.4 Å². The first kappa shape index (κ1) is 19.1. The van der Waals surface area contributed by atoms with Crippen LogP contribution in [0.4, 0.5) is 4.39 Å². The highest BCUT2D eigenvalue weighted by molar-refractivity contribution is 5.80. The summed E-state index contributed by atoms with van der Waals surface area (Å²) < 4.78 is 13.8. The predicted molar refractivity (Wildman–Crippen MR) is 119 cm³/mol. The van der Waals surface area contributed by atoms with Crippen molar-refractivity contribution in [3.05, 3.63) is 88.7 Å². The van der Waals surface area contributed by atoms with Crippen molar-refractivity contribution < 1.29 is 4.39 Å². The Morgan fingerprint density at radius 2 is 2.10 bits per heavy atom. The third kappa shape index (κ3) is 3.06. The Morgan fingerprint density at radius 3 is 2.93 bits per heavy atom. The molecule has 2 heterocycles. The molecular weight excluding hydrogens is 373 g/mol. The van der Waals surface area contributed by atoms with Crippen molar-refractivity contribution in [3.63, 3.8) is 0 Å². The van der Waals surface area contributed by atoms with E-state index in [0.717, 1.165) is 53.9 Å². The van der Waals surface area contributed by atoms with Gasteiger partial charge in [0.05, 0.1) is 16.6 Å². The highest BCUT2D eigenvalue weighted by atomic mass is 19.1. The quantitative estimate of drug-likeness (QED) is 0.579. The lowest BCUT2D eigenvalue weighted by molar-refractivity contribution is 0.199. The van der Waals surface area contributed by atoms with E-state index in [1.165, 1.54) is 17.2 Å². The van der Waals surface area contributed by atoms with Crippen LogP contribution >= 0.6 is 0 Å². The Balaban J connectivity index is 1.53. The Labute approximate surface area is 177 Å². The van der Waals surface area contributed by atoms with Gasteiger partial charge in [-0.3, -0.25) is 0 Å². The summed E-state index contributed by atoms with van der Waals surface area (Å²) in [6.45, 7) is 7.51. The number of aromatic nitrogens is 2. The van der Waals surface area contributed by atoms with Gasteiger partial charge >= 0.3 is 0 Å². The predicted octanol–water partition coefficient (Wildman–Crippen LogP) is 6.06. The first-order chi connectivity index (χ1) is 14.5. The molecule has 2 atom stereocenters. The lowest BCUT2D eigenvalue weighted by Crippen LogP contribution is -2.39. The summed E-state index contributed by atoms with van der Waals surface area (Å²) in [6, 6.07) is 11.2. The van der Waals surface area contributed by atoms with Gasteiger partial charge in [0, 0.05) is 18.2 Å². The number of hydrogen-bond acceptors (Lipinski definition) is 2. The van der Waals surface area contributed by atoms with Gasteiger partial charge in [-0.15, -0.1) is 0 Å². The van der Waals surface area contributed by atoms with E-state index in [2.05, 4.69) is 61.0 Å². The topological polar surface area (TPSA) is 31.9 Å². The second-order valence-corrected chi connectivity index (χ2v) is 8.79. The number of aryl methyl sites for hydroxylation is 2. The Morgan fingerprint density at radius 1 is 1.23 bits per heavy atom. The van der Waals surface area contributed by atoms with Crippen molar-refractivity contribution in [1.29, 1.82) is 0 Å². The van der Waals surface area contributed by atoms with E-state index in [-0.39, 0.29) is 17.3 Å². The van der Waals surface area contributed by atoms with Gasteiger partial charge in [-0.05, 0) is 87.1 Å². The molecular formula is C26H27FN3. The number of nitrogens with zero attached hydrogens (tertiary/aromatic N) is 2. The molecule has 0 bridgehead atoms. The molecule has 0 spiro atoms. The van der Waals surface area contributed by atoms with Gasteiger partial charge in [0.1, 0.15) is 11.6 Å². The maximum Gasteiger partial charge on any atom is 0.132 e. The molecule has 1 aromatic heterocycles. The first-order valence-electron chi connectivity index (χ1n) is 10.8. The fourth-order valence-corrected chi connectivity index (χ4v) is 4.88. The summed E-state index contributed by atoms with van der Waals surface area (Å²) in [5.41, 5.74) is 6.51. The molecule has 1 N–H and O–H groups in total. The zero-order valence-electron chi connectivity index (χ0n) is 17.8. The van der Waals surface area contributed by atoms with Crippen LogP contribution in [0, 0.1) is 25.7 Å². The standard InChI is InChI=1S/C26H27FN3/c1-17-11-12-23-24(18(17)2)29-25(28-23)26(3)13-6-14-30(26)22-10-5-8-20(16-22)19-7-4-9-21(27)15-19/h4-5,7,9-12,15,20H,6,8,13-14H2,1-3H3,(H,28,29)/t20?,26-/m0/s1. The normalized spacial score (nSPS) is 23.9. The van der Waals surface area contributed by atoms with Crippen LogP contribution in [0.5, 0.6) is 0 Å². The molecule has 1 unspecified atom stereocenters. The molecule has 4 heteroatoms. The van der Waals surface area contributed by atoms with E-state index < -0.39 is 0 Å². The molecule has 2 aromatic carbocycles. The molecule has 0 saturated carbocycles. The smallest absolute Gasteiger partial charge is 0.132 e. The fourth-order valence-electron chi connectivity index (χ4n) is 4.88. The van der Waals surface area contributed by atoms with Crippen molar-refractivity contribution in [3.8, 4) is 0 Å². The van der Waals surface area contributed by atoms with Gasteiger partial charge < -0.3 is 9.88 Å². The molecule has 1 fully saturated rings. The molecule has 2 aliphatic rings. The zero-order chi connectivity index (χ0) is 20.9. The average molecular weight is 401 g/mol. The van der Waals surface area contributed by atoms with Gasteiger partial charge in [0.25, 0.3) is 0 Å². The van der Waals surface area contributed by atoms with Crippen molar-refractivity contribution in [1.82, 2.24) is 14.9 Å². The van der Waals surface area contributed by atoms with Gasteiger partial charge in [-0.2, -0.15) is 0 Å². The molecule has 3 aromatic rings. The number of fused-ring (bicyclic) bond motifs is 1. The number of imidazole rings is 1. The monoisotopic (exact) mass is 400 g/mol. The average Bonchev–Trinajstić information content (AvgIpc) is 3.36. The molecule has 5 rings (SSSR count). The van der Waals surface area contributed by atoms with Crippen molar-refractivity contribution in [2.24, 2.45) is 0 Å². The van der Waals surface area contributed by atoms with E-state index in [9.17, 15) is 4.39 Å². The summed E-state index contributed by atoms with van der Waals surface area (Å²) in [5, 5.41) is 0. The van der Waals surface area contributed by atoms with Crippen LogP contribution < -0.4 is 0 Å². The minimum atomic E-state index is -0.212. The third-order valence-electron chi connectivity index (χ3n) is 6.84. The lowest BCUT2D eigenvalue weighted by atomic mass is 9.90. The summed E-state index contributed by atoms with van der Waals surface area (Å²) in [7, 11) is 0. The molecule has 1 radical (unpaired) electrons. The van der Waals surface area contributed by atoms with Crippen LogP contribution in [0.25, 0.3) is 11.0 Å². The second kappa shape index (κ2) is 7.12. The van der Waals surface area contributed by atoms with E-state index in [4.69, 9.17) is 4.98 Å². The minimum Gasteiger partial charge on any atom is -0.359 e. The lowest BCUT2D eigenvalue weighted by Gasteiger charge is -2.37. The number of likely N-dealkylation sites (tertiary alicyclic amines) is 1. The van der Waals surface area contributed by atoms with Crippen molar-refractivity contribution in [2.45, 2.75) is 51.5 Å². The SMILES string of the molecule is Cc1ccc2[nH]c([C@]3(C)CCCN3C3=[C]C(c4cccc(F)c4)CC=C3)nc2c1C. The molecule has 1 aliphatic heterocycles. The number of rotatable bonds is 3. The van der Waals surface area contributed by atoms with Gasteiger partial charge in [-0.25, -0.2) is 9.37 Å². The number of benzene rings is 2. The summed E-state index contributed by atoms with van der Waals surface area (Å²) in [5.74, 6) is 0.898. The van der Waals surface area contributed by atoms with Crippen LogP contribution in [0.1, 0.15) is 54.6 Å². The molecule has 1 saturated heterocycles. The summed E-state index contributed by atoms with van der Waals surface area (Å²) in [6.07, 6.45) is 11.0.